The van der Waals surface area contributed by atoms with Crippen LogP contribution in [-0.2, 0) is 6.54 Å². The predicted octanol–water partition coefficient (Wildman–Crippen LogP) is 5.53. The molecule has 0 saturated carbocycles. The maximum atomic E-state index is 11.3. The molecule has 36 heavy (non-hydrogen) atoms. The number of methoxy groups -OCH3 is 1. The van der Waals surface area contributed by atoms with E-state index < -0.39 is 5.97 Å². The first kappa shape index (κ1) is 23.6. The molecule has 1 saturated heterocycles. The van der Waals surface area contributed by atoms with Crippen molar-refractivity contribution < 1.29 is 19.1 Å². The number of benzene rings is 2. The summed E-state index contributed by atoms with van der Waals surface area (Å²) in [4.78, 5) is 18.0. The molecule has 0 spiro atoms. The standard InChI is InChI=1S/C28H25N3O4S/c1-17-15-19(27(32)33)8-11-21(17)23-12-13-24(35-23)26-25(22-5-3-4-14-29-22)30-28(36)31(26)16-18-6-9-20(34-2)10-7-18/h3-15,25-26H,16H2,1-2H3,(H,30,36)(H,32,33)/t25-,26+/m1/s1. The molecule has 0 aliphatic carbocycles. The number of carboxylic acids is 1. The Kier molecular flexibility index (Phi) is 6.43. The van der Waals surface area contributed by atoms with Crippen molar-refractivity contribution in [3.63, 3.8) is 0 Å². The Bertz CT molecular complexity index is 1400. The van der Waals surface area contributed by atoms with Gasteiger partial charge < -0.3 is 24.5 Å². The summed E-state index contributed by atoms with van der Waals surface area (Å²) in [5.41, 5.74) is 3.86. The van der Waals surface area contributed by atoms with Gasteiger partial charge in [0.25, 0.3) is 0 Å². The van der Waals surface area contributed by atoms with Gasteiger partial charge in [0, 0.05) is 18.3 Å². The minimum absolute atomic E-state index is 0.202. The summed E-state index contributed by atoms with van der Waals surface area (Å²) < 4.78 is 11.7. The van der Waals surface area contributed by atoms with Gasteiger partial charge in [-0.15, -0.1) is 0 Å². The van der Waals surface area contributed by atoms with E-state index in [9.17, 15) is 9.90 Å². The first-order valence-corrected chi connectivity index (χ1v) is 11.9. The first-order valence-electron chi connectivity index (χ1n) is 11.5. The van der Waals surface area contributed by atoms with Crippen molar-refractivity contribution in [3.05, 3.63) is 107 Å². The summed E-state index contributed by atoms with van der Waals surface area (Å²) in [6, 6.07) is 22.2. The largest absolute Gasteiger partial charge is 0.497 e. The van der Waals surface area contributed by atoms with Gasteiger partial charge in [-0.1, -0.05) is 24.3 Å². The minimum Gasteiger partial charge on any atom is -0.497 e. The van der Waals surface area contributed by atoms with Gasteiger partial charge in [-0.3, -0.25) is 4.98 Å². The van der Waals surface area contributed by atoms with Crippen LogP contribution in [0.5, 0.6) is 5.75 Å². The number of hydrogen-bond acceptors (Lipinski definition) is 5. The summed E-state index contributed by atoms with van der Waals surface area (Å²) >= 11 is 5.77. The van der Waals surface area contributed by atoms with Crippen LogP contribution in [0, 0.1) is 6.92 Å². The molecule has 7 nitrogen and oxygen atoms in total. The van der Waals surface area contributed by atoms with Crippen molar-refractivity contribution in [2.75, 3.05) is 7.11 Å². The number of thiocarbonyl (C=S) groups is 1. The Morgan fingerprint density at radius 1 is 1.14 bits per heavy atom. The van der Waals surface area contributed by atoms with E-state index in [1.165, 1.54) is 0 Å². The number of carbonyl (C=O) groups is 1. The summed E-state index contributed by atoms with van der Waals surface area (Å²) in [6.07, 6.45) is 1.77. The third-order valence-corrected chi connectivity index (χ3v) is 6.72. The Morgan fingerprint density at radius 2 is 1.94 bits per heavy atom. The highest BCUT2D eigenvalue weighted by Crippen LogP contribution is 2.41. The van der Waals surface area contributed by atoms with E-state index in [2.05, 4.69) is 15.2 Å². The molecule has 5 rings (SSSR count). The second-order valence-electron chi connectivity index (χ2n) is 8.64. The Labute approximate surface area is 214 Å². The average molecular weight is 500 g/mol. The van der Waals surface area contributed by atoms with Gasteiger partial charge >= 0.3 is 5.97 Å². The number of aromatic carboxylic acids is 1. The summed E-state index contributed by atoms with van der Waals surface area (Å²) in [6.45, 7) is 2.45. The lowest BCUT2D eigenvalue weighted by atomic mass is 10.0. The monoisotopic (exact) mass is 499 g/mol. The number of furan rings is 1. The van der Waals surface area contributed by atoms with Gasteiger partial charge in [0.05, 0.1) is 24.4 Å². The molecule has 0 bridgehead atoms. The molecule has 0 radical (unpaired) electrons. The SMILES string of the molecule is COc1ccc(CN2C(=S)N[C@H](c3ccccn3)[C@@H]2c2ccc(-c3ccc(C(=O)O)cc3C)o2)cc1. The molecule has 3 heterocycles. The van der Waals surface area contributed by atoms with E-state index in [0.29, 0.717) is 17.4 Å². The fourth-order valence-electron chi connectivity index (χ4n) is 4.54. The molecule has 182 valence electrons. The van der Waals surface area contributed by atoms with Gasteiger partial charge in [0.15, 0.2) is 5.11 Å². The molecule has 1 aliphatic heterocycles. The Balaban J connectivity index is 1.52. The number of aryl methyl sites for hydroxylation is 1. The predicted molar refractivity (Wildman–Crippen MR) is 140 cm³/mol. The molecule has 2 aromatic carbocycles. The van der Waals surface area contributed by atoms with Crippen LogP contribution in [0.25, 0.3) is 11.3 Å². The molecular weight excluding hydrogens is 474 g/mol. The van der Waals surface area contributed by atoms with Gasteiger partial charge in [0.1, 0.15) is 23.3 Å². The van der Waals surface area contributed by atoms with Crippen LogP contribution < -0.4 is 10.1 Å². The first-order chi connectivity index (χ1) is 17.4. The van der Waals surface area contributed by atoms with E-state index in [-0.39, 0.29) is 17.6 Å². The highest BCUT2D eigenvalue weighted by Gasteiger charge is 2.41. The quantitative estimate of drug-likeness (QED) is 0.321. The highest BCUT2D eigenvalue weighted by molar-refractivity contribution is 7.80. The molecule has 1 aliphatic rings. The number of ether oxygens (including phenoxy) is 1. The van der Waals surface area contributed by atoms with Crippen molar-refractivity contribution in [2.24, 2.45) is 0 Å². The van der Waals surface area contributed by atoms with Gasteiger partial charge in [-0.05, 0) is 78.8 Å². The third-order valence-electron chi connectivity index (χ3n) is 6.37. The number of nitrogens with one attached hydrogen (secondary N) is 1. The molecule has 2 N–H and O–H groups in total. The zero-order valence-electron chi connectivity index (χ0n) is 19.8. The maximum Gasteiger partial charge on any atom is 0.335 e. The Hall–Kier alpha value is -4.17. The minimum atomic E-state index is -0.956. The topological polar surface area (TPSA) is 87.8 Å². The van der Waals surface area contributed by atoms with Gasteiger partial charge in [-0.2, -0.15) is 0 Å². The smallest absolute Gasteiger partial charge is 0.335 e. The van der Waals surface area contributed by atoms with Crippen molar-refractivity contribution in [1.82, 2.24) is 15.2 Å². The van der Waals surface area contributed by atoms with Gasteiger partial charge in [0.2, 0.25) is 0 Å². The summed E-state index contributed by atoms with van der Waals surface area (Å²) in [5, 5.41) is 13.4. The van der Waals surface area contributed by atoms with Crippen LogP contribution in [0.4, 0.5) is 0 Å². The van der Waals surface area contributed by atoms with Gasteiger partial charge in [-0.25, -0.2) is 4.79 Å². The number of carboxylic acid groups (broad SMARTS) is 1. The van der Waals surface area contributed by atoms with Crippen LogP contribution in [0.2, 0.25) is 0 Å². The number of nitrogens with zero attached hydrogens (tertiary/aromatic N) is 2. The zero-order valence-corrected chi connectivity index (χ0v) is 20.7. The van der Waals surface area contributed by atoms with E-state index >= 15 is 0 Å². The van der Waals surface area contributed by atoms with Crippen LogP contribution in [-0.4, -0.2) is 33.2 Å². The number of aromatic nitrogens is 1. The number of rotatable bonds is 7. The third kappa shape index (κ3) is 4.55. The van der Waals surface area contributed by atoms with E-state index in [4.69, 9.17) is 21.4 Å². The second kappa shape index (κ2) is 9.83. The molecule has 1 fully saturated rings. The van der Waals surface area contributed by atoms with Crippen LogP contribution in [0.3, 0.4) is 0 Å². The van der Waals surface area contributed by atoms with Crippen LogP contribution >= 0.6 is 12.2 Å². The summed E-state index contributed by atoms with van der Waals surface area (Å²) in [5.74, 6) is 1.25. The lowest BCUT2D eigenvalue weighted by Crippen LogP contribution is -2.29. The molecule has 0 unspecified atom stereocenters. The van der Waals surface area contributed by atoms with Crippen molar-refractivity contribution in [3.8, 4) is 17.1 Å². The normalized spacial score (nSPS) is 17.2. The van der Waals surface area contributed by atoms with E-state index in [0.717, 1.165) is 33.9 Å². The van der Waals surface area contributed by atoms with Crippen LogP contribution in [0.15, 0.2) is 83.4 Å². The van der Waals surface area contributed by atoms with E-state index in [1.807, 2.05) is 61.5 Å². The number of hydrogen-bond donors (Lipinski definition) is 2. The highest BCUT2D eigenvalue weighted by atomic mass is 32.1. The fraction of sp³-hybridized carbons (Fsp3) is 0.179. The zero-order chi connectivity index (χ0) is 25.2. The average Bonchev–Trinajstić information content (AvgIpc) is 3.49. The molecule has 2 atom stereocenters. The van der Waals surface area contributed by atoms with E-state index in [1.54, 1.807) is 31.5 Å². The van der Waals surface area contributed by atoms with Crippen molar-refractivity contribution in [2.45, 2.75) is 25.6 Å². The van der Waals surface area contributed by atoms with Crippen LogP contribution in [0.1, 0.15) is 45.0 Å². The molecule has 8 heteroatoms. The molecule has 0 amide bonds. The lowest BCUT2D eigenvalue weighted by molar-refractivity contribution is 0.0696. The molecule has 2 aromatic heterocycles. The molecular formula is C28H25N3O4S. The van der Waals surface area contributed by atoms with Crippen molar-refractivity contribution in [1.29, 1.82) is 0 Å². The number of pyridine rings is 1. The molecule has 4 aromatic rings. The maximum absolute atomic E-state index is 11.3. The second-order valence-corrected chi connectivity index (χ2v) is 9.03. The Morgan fingerprint density at radius 3 is 2.61 bits per heavy atom. The van der Waals surface area contributed by atoms with Crippen molar-refractivity contribution >= 4 is 23.3 Å². The summed E-state index contributed by atoms with van der Waals surface area (Å²) in [7, 11) is 1.65. The lowest BCUT2D eigenvalue weighted by Gasteiger charge is -2.26. The fourth-order valence-corrected chi connectivity index (χ4v) is 4.85.